The summed E-state index contributed by atoms with van der Waals surface area (Å²) in [5, 5.41) is 0. The van der Waals surface area contributed by atoms with Gasteiger partial charge in [-0.3, -0.25) is 4.90 Å². The summed E-state index contributed by atoms with van der Waals surface area (Å²) in [6.07, 6.45) is 2.00. The second-order valence-corrected chi connectivity index (χ2v) is 5.37. The molecule has 0 amide bonds. The smallest absolute Gasteiger partial charge is 0.170 e. The summed E-state index contributed by atoms with van der Waals surface area (Å²) in [6, 6.07) is 8.82. The molecule has 2 saturated heterocycles. The molecule has 3 nitrogen and oxygen atoms in total. The summed E-state index contributed by atoms with van der Waals surface area (Å²) < 4.78 is 11.5. The number of piperidine rings is 1. The third-order valence-electron chi connectivity index (χ3n) is 3.96. The molecule has 0 unspecified atom stereocenters. The van der Waals surface area contributed by atoms with Crippen molar-refractivity contribution < 1.29 is 9.47 Å². The van der Waals surface area contributed by atoms with Gasteiger partial charge in [-0.1, -0.05) is 43.7 Å². The van der Waals surface area contributed by atoms with Crippen molar-refractivity contribution in [2.45, 2.75) is 45.9 Å². The standard InChI is InChI=1S/C15H21NO2.C2H6/c1-13-2-4-14(5-3-13)12-16-8-6-15(7-9-16)17-10-11-18-15;1-2/h2-5H,6-12H2,1H3;1-2H3. The van der Waals surface area contributed by atoms with E-state index in [1.807, 2.05) is 13.8 Å². The normalized spacial score (nSPS) is 21.6. The van der Waals surface area contributed by atoms with Crippen LogP contribution in [-0.4, -0.2) is 37.0 Å². The molecule has 2 aliphatic rings. The van der Waals surface area contributed by atoms with Crippen molar-refractivity contribution in [3.05, 3.63) is 35.4 Å². The Labute approximate surface area is 122 Å². The monoisotopic (exact) mass is 277 g/mol. The lowest BCUT2D eigenvalue weighted by atomic mass is 10.0. The Morgan fingerprint density at radius 2 is 1.55 bits per heavy atom. The third kappa shape index (κ3) is 3.81. The van der Waals surface area contributed by atoms with Gasteiger partial charge in [-0.25, -0.2) is 0 Å². The number of aryl methyl sites for hydroxylation is 1. The molecule has 1 aromatic carbocycles. The predicted molar refractivity (Wildman–Crippen MR) is 81.7 cm³/mol. The van der Waals surface area contributed by atoms with Crippen molar-refractivity contribution in [3.63, 3.8) is 0 Å². The maximum atomic E-state index is 5.75. The summed E-state index contributed by atoms with van der Waals surface area (Å²) in [5.74, 6) is -0.246. The van der Waals surface area contributed by atoms with E-state index in [2.05, 4.69) is 36.1 Å². The van der Waals surface area contributed by atoms with Crippen molar-refractivity contribution in [1.82, 2.24) is 4.90 Å². The molecule has 3 rings (SSSR count). The van der Waals surface area contributed by atoms with Gasteiger partial charge in [0.2, 0.25) is 0 Å². The first-order chi connectivity index (χ1) is 9.76. The first kappa shape index (κ1) is 15.5. The molecule has 1 spiro atoms. The van der Waals surface area contributed by atoms with E-state index in [0.717, 1.165) is 45.7 Å². The van der Waals surface area contributed by atoms with Crippen LogP contribution >= 0.6 is 0 Å². The highest BCUT2D eigenvalue weighted by Crippen LogP contribution is 2.31. The van der Waals surface area contributed by atoms with E-state index in [-0.39, 0.29) is 5.79 Å². The van der Waals surface area contributed by atoms with Crippen LogP contribution in [0.4, 0.5) is 0 Å². The Hall–Kier alpha value is -0.900. The van der Waals surface area contributed by atoms with Gasteiger partial charge >= 0.3 is 0 Å². The van der Waals surface area contributed by atoms with Gasteiger partial charge in [0.25, 0.3) is 0 Å². The number of nitrogens with zero attached hydrogens (tertiary/aromatic N) is 1. The topological polar surface area (TPSA) is 21.7 Å². The minimum Gasteiger partial charge on any atom is -0.347 e. The SMILES string of the molecule is CC.Cc1ccc(CN2CCC3(CC2)OCCO3)cc1. The second kappa shape index (κ2) is 7.21. The summed E-state index contributed by atoms with van der Waals surface area (Å²) in [5.41, 5.74) is 2.72. The highest BCUT2D eigenvalue weighted by atomic mass is 16.7. The largest absolute Gasteiger partial charge is 0.347 e. The molecule has 0 aromatic heterocycles. The molecule has 0 bridgehead atoms. The molecule has 3 heteroatoms. The highest BCUT2D eigenvalue weighted by Gasteiger charge is 2.39. The van der Waals surface area contributed by atoms with Crippen LogP contribution in [0.3, 0.4) is 0 Å². The molecule has 2 aliphatic heterocycles. The van der Waals surface area contributed by atoms with Crippen LogP contribution in [0, 0.1) is 6.92 Å². The Morgan fingerprint density at radius 1 is 1.00 bits per heavy atom. The first-order valence-corrected chi connectivity index (χ1v) is 7.82. The van der Waals surface area contributed by atoms with Crippen LogP contribution in [0.1, 0.15) is 37.8 Å². The summed E-state index contributed by atoms with van der Waals surface area (Å²) in [6.45, 7) is 10.8. The zero-order valence-electron chi connectivity index (χ0n) is 13.0. The quantitative estimate of drug-likeness (QED) is 0.827. The lowest BCUT2D eigenvalue weighted by molar-refractivity contribution is -0.185. The molecule has 20 heavy (non-hydrogen) atoms. The van der Waals surface area contributed by atoms with Gasteiger partial charge in [-0.15, -0.1) is 0 Å². The van der Waals surface area contributed by atoms with Crippen LogP contribution in [0.15, 0.2) is 24.3 Å². The van der Waals surface area contributed by atoms with E-state index in [1.54, 1.807) is 0 Å². The maximum absolute atomic E-state index is 5.75. The lowest BCUT2D eigenvalue weighted by Gasteiger charge is -2.37. The van der Waals surface area contributed by atoms with Crippen molar-refractivity contribution in [1.29, 1.82) is 0 Å². The van der Waals surface area contributed by atoms with Crippen molar-refractivity contribution >= 4 is 0 Å². The fourth-order valence-electron chi connectivity index (χ4n) is 2.79. The van der Waals surface area contributed by atoms with Gasteiger partial charge in [0.05, 0.1) is 13.2 Å². The van der Waals surface area contributed by atoms with E-state index < -0.39 is 0 Å². The van der Waals surface area contributed by atoms with Gasteiger partial charge in [0.1, 0.15) is 0 Å². The van der Waals surface area contributed by atoms with Crippen LogP contribution < -0.4 is 0 Å². The minimum absolute atomic E-state index is 0.246. The van der Waals surface area contributed by atoms with Gasteiger partial charge in [0, 0.05) is 32.5 Å². The molecule has 2 fully saturated rings. The van der Waals surface area contributed by atoms with Crippen LogP contribution in [-0.2, 0) is 16.0 Å². The van der Waals surface area contributed by atoms with Crippen molar-refractivity contribution in [2.75, 3.05) is 26.3 Å². The average Bonchev–Trinajstić information content (AvgIpc) is 2.95. The molecule has 2 heterocycles. The van der Waals surface area contributed by atoms with E-state index in [1.165, 1.54) is 11.1 Å². The Bertz CT molecular complexity index is 386. The van der Waals surface area contributed by atoms with Gasteiger partial charge in [0.15, 0.2) is 5.79 Å². The number of rotatable bonds is 2. The fraction of sp³-hybridized carbons (Fsp3) is 0.647. The fourth-order valence-corrected chi connectivity index (χ4v) is 2.79. The number of ether oxygens (including phenoxy) is 2. The second-order valence-electron chi connectivity index (χ2n) is 5.37. The zero-order chi connectivity index (χ0) is 14.4. The maximum Gasteiger partial charge on any atom is 0.170 e. The molecule has 0 N–H and O–H groups in total. The molecule has 0 saturated carbocycles. The lowest BCUT2D eigenvalue weighted by Crippen LogP contribution is -2.44. The summed E-state index contributed by atoms with van der Waals surface area (Å²) >= 11 is 0. The van der Waals surface area contributed by atoms with E-state index in [4.69, 9.17) is 9.47 Å². The average molecular weight is 277 g/mol. The number of likely N-dealkylation sites (tertiary alicyclic amines) is 1. The van der Waals surface area contributed by atoms with Gasteiger partial charge < -0.3 is 9.47 Å². The highest BCUT2D eigenvalue weighted by molar-refractivity contribution is 5.21. The molecular weight excluding hydrogens is 250 g/mol. The van der Waals surface area contributed by atoms with Gasteiger partial charge in [-0.05, 0) is 12.5 Å². The molecule has 0 atom stereocenters. The number of hydrogen-bond donors (Lipinski definition) is 0. The minimum atomic E-state index is -0.246. The van der Waals surface area contributed by atoms with Crippen LogP contribution in [0.5, 0.6) is 0 Å². The van der Waals surface area contributed by atoms with Crippen LogP contribution in [0.25, 0.3) is 0 Å². The van der Waals surface area contributed by atoms with Gasteiger partial charge in [-0.2, -0.15) is 0 Å². The summed E-state index contributed by atoms with van der Waals surface area (Å²) in [7, 11) is 0. The molecule has 112 valence electrons. The molecule has 0 aliphatic carbocycles. The third-order valence-corrected chi connectivity index (χ3v) is 3.96. The Balaban J connectivity index is 0.000000704. The zero-order valence-corrected chi connectivity index (χ0v) is 13.0. The predicted octanol–water partition coefficient (Wildman–Crippen LogP) is 3.36. The van der Waals surface area contributed by atoms with E-state index in [0.29, 0.717) is 0 Å². The molecule has 1 aromatic rings. The number of benzene rings is 1. The Kier molecular flexibility index (Phi) is 5.58. The summed E-state index contributed by atoms with van der Waals surface area (Å²) in [4.78, 5) is 2.49. The van der Waals surface area contributed by atoms with E-state index >= 15 is 0 Å². The Morgan fingerprint density at radius 3 is 2.10 bits per heavy atom. The first-order valence-electron chi connectivity index (χ1n) is 7.82. The molecular formula is C17H27NO2. The van der Waals surface area contributed by atoms with E-state index in [9.17, 15) is 0 Å². The van der Waals surface area contributed by atoms with Crippen molar-refractivity contribution in [3.8, 4) is 0 Å². The number of hydrogen-bond acceptors (Lipinski definition) is 3. The van der Waals surface area contributed by atoms with Crippen LogP contribution in [0.2, 0.25) is 0 Å². The van der Waals surface area contributed by atoms with Crippen molar-refractivity contribution in [2.24, 2.45) is 0 Å². The molecule has 0 radical (unpaired) electrons.